The quantitative estimate of drug-likeness (QED) is 0.0543. The van der Waals surface area contributed by atoms with Crippen LogP contribution in [0.15, 0.2) is 70.9 Å². The molecule has 1 unspecified atom stereocenters. The number of methoxy groups -OCH3 is 2. The molecular formula is C59H72Cl2N14O12. The van der Waals surface area contributed by atoms with E-state index in [-0.39, 0.29) is 64.2 Å². The van der Waals surface area contributed by atoms with Gasteiger partial charge in [-0.05, 0) is 108 Å². The van der Waals surface area contributed by atoms with Crippen LogP contribution in [-0.2, 0) is 96.3 Å². The third kappa shape index (κ3) is 16.2. The third-order valence-corrected chi connectivity index (χ3v) is 15.8. The molecule has 464 valence electrons. The van der Waals surface area contributed by atoms with E-state index < -0.39 is 95.1 Å². The molecule has 2 aromatic carbocycles. The number of aliphatic imine (C=N–C) groups is 2. The lowest BCUT2D eigenvalue weighted by molar-refractivity contribution is -0.148. The van der Waals surface area contributed by atoms with Crippen LogP contribution in [0.5, 0.6) is 0 Å². The van der Waals surface area contributed by atoms with Crippen molar-refractivity contribution in [2.24, 2.45) is 15.7 Å². The molecule has 87 heavy (non-hydrogen) atoms. The van der Waals surface area contributed by atoms with E-state index in [1.807, 2.05) is 12.1 Å². The van der Waals surface area contributed by atoms with Crippen LogP contribution < -0.4 is 21.7 Å². The second kappa shape index (κ2) is 29.6. The fourth-order valence-corrected chi connectivity index (χ4v) is 10.9. The smallest absolute Gasteiger partial charge is 0.337 e. The highest BCUT2D eigenvalue weighted by atomic mass is 35.5. The molecule has 8 rings (SSSR count). The minimum atomic E-state index is -1.39. The van der Waals surface area contributed by atoms with Gasteiger partial charge in [-0.2, -0.15) is 0 Å². The molecule has 4 aromatic rings. The Kier molecular flexibility index (Phi) is 22.1. The predicted octanol–water partition coefficient (Wildman–Crippen LogP) is 1.77. The SMILES string of the molecule is CN[C@@H](C)C(=O)NC(C(=O)N1CCC[C@H]1C1=N[C@@](Cc2cccc(Cl)c2)(C(=O)OC)CO1)[C@@H](C)OCc1cn(CC#CC#CCn2cc(CO[C@H](C)[C@H](NC(=O)[C@H](C)N)C(=O)N3CCC[C@H]3C3=N[C@@](Cc4cccc(Cl)c4)(C(=O)OC)CO3)nn2)nn1. The molecule has 0 radical (unpaired) electrons. The average Bonchev–Trinajstić information content (AvgIpc) is 1.75. The maximum absolute atomic E-state index is 14.5. The number of ether oxygens (including phenoxy) is 6. The number of hydrogen-bond acceptors (Lipinski definition) is 20. The number of hydrogen-bond donors (Lipinski definition) is 4. The summed E-state index contributed by atoms with van der Waals surface area (Å²) in [6, 6.07) is 9.13. The molecule has 2 saturated heterocycles. The molecule has 0 aliphatic carbocycles. The monoisotopic (exact) mass is 1240 g/mol. The minimum Gasteiger partial charge on any atom is -0.476 e. The summed E-state index contributed by atoms with van der Waals surface area (Å²) >= 11 is 12.5. The first kappa shape index (κ1) is 65.0. The summed E-state index contributed by atoms with van der Waals surface area (Å²) < 4.78 is 37.9. The maximum atomic E-state index is 14.5. The number of likely N-dealkylation sites (N-methyl/N-ethyl adjacent to an activating group) is 1. The van der Waals surface area contributed by atoms with Gasteiger partial charge in [0.2, 0.25) is 35.4 Å². The van der Waals surface area contributed by atoms with Crippen LogP contribution in [0.1, 0.15) is 75.9 Å². The molecule has 0 spiro atoms. The van der Waals surface area contributed by atoms with Crippen LogP contribution >= 0.6 is 23.2 Å². The summed E-state index contributed by atoms with van der Waals surface area (Å²) in [6.07, 6.45) is 4.15. The summed E-state index contributed by atoms with van der Waals surface area (Å²) in [7, 11) is 4.21. The molecule has 6 heterocycles. The van der Waals surface area contributed by atoms with E-state index in [1.54, 1.807) is 86.4 Å². The molecule has 0 saturated carbocycles. The number of nitrogens with zero attached hydrogens (tertiary/aromatic N) is 10. The van der Waals surface area contributed by atoms with Gasteiger partial charge < -0.3 is 59.9 Å². The van der Waals surface area contributed by atoms with Crippen molar-refractivity contribution in [3.8, 4) is 23.7 Å². The van der Waals surface area contributed by atoms with Crippen LogP contribution in [0.4, 0.5) is 0 Å². The first-order valence-electron chi connectivity index (χ1n) is 28.5. The third-order valence-electron chi connectivity index (χ3n) is 15.3. The fraction of sp³-hybridized carbons (Fsp3) is 0.525. The largest absolute Gasteiger partial charge is 0.476 e. The molecule has 26 nitrogen and oxygen atoms in total. The Labute approximate surface area is 513 Å². The van der Waals surface area contributed by atoms with Crippen LogP contribution in [0.25, 0.3) is 0 Å². The number of benzene rings is 2. The summed E-state index contributed by atoms with van der Waals surface area (Å²) in [5.74, 6) is 8.90. The van der Waals surface area contributed by atoms with Gasteiger partial charge in [-0.3, -0.25) is 19.2 Å². The Morgan fingerprint density at radius 3 is 1.53 bits per heavy atom. The Morgan fingerprint density at radius 1 is 0.690 bits per heavy atom. The van der Waals surface area contributed by atoms with Gasteiger partial charge in [-0.25, -0.2) is 28.9 Å². The first-order valence-corrected chi connectivity index (χ1v) is 29.2. The van der Waals surface area contributed by atoms with Crippen molar-refractivity contribution in [2.45, 2.75) is 152 Å². The Hall–Kier alpha value is -7.98. The molecule has 2 fully saturated rings. The van der Waals surface area contributed by atoms with E-state index in [0.717, 1.165) is 11.1 Å². The molecule has 4 aliphatic heterocycles. The lowest BCUT2D eigenvalue weighted by Crippen LogP contribution is -2.58. The van der Waals surface area contributed by atoms with Gasteiger partial charge in [-0.15, -0.1) is 10.2 Å². The highest BCUT2D eigenvalue weighted by Gasteiger charge is 2.51. The van der Waals surface area contributed by atoms with E-state index in [4.69, 9.17) is 67.3 Å². The van der Waals surface area contributed by atoms with Gasteiger partial charge in [0.15, 0.2) is 11.1 Å². The standard InChI is InChI=1S/C59H72Cl2N14O12/c1-36(62)50(76)64-48(54(78)74-24-14-20-46(74)52-66-58(34-86-52,56(80)82-6)28-40-16-12-18-42(60)26-40)38(3)84-32-44-30-72(70-68-44)22-10-8-9-11-23-73-31-45(69-71-73)33-85-39(4)49(65-51(77)37(2)63-5)55(79)75-25-15-21-47(75)53-67-59(35-87-53,57(81)83-7)29-41-17-13-19-43(61)27-41/h12-13,16-19,26-27,30-31,36-39,46-49,63H,14-15,20-25,28-29,32-35,62H2,1-7H3,(H,64,76)(H,65,77)/t36-,37-,38+,39+,46-,47-,48-,49?,58+,59+/m0/s1. The van der Waals surface area contributed by atoms with E-state index in [9.17, 15) is 28.8 Å². The van der Waals surface area contributed by atoms with Crippen LogP contribution in [0.3, 0.4) is 0 Å². The number of rotatable bonds is 25. The second-order valence-electron chi connectivity index (χ2n) is 21.7. The Balaban J connectivity index is 0.833. The predicted molar refractivity (Wildman–Crippen MR) is 316 cm³/mol. The first-order chi connectivity index (χ1) is 41.7. The zero-order valence-corrected chi connectivity index (χ0v) is 51.0. The maximum Gasteiger partial charge on any atom is 0.337 e. The number of likely N-dealkylation sites (tertiary alicyclic amines) is 2. The number of aromatic nitrogens is 6. The zero-order valence-electron chi connectivity index (χ0n) is 49.5. The van der Waals surface area contributed by atoms with Gasteiger partial charge in [0, 0.05) is 36.0 Å². The lowest BCUT2D eigenvalue weighted by Gasteiger charge is -2.32. The van der Waals surface area contributed by atoms with Gasteiger partial charge in [0.05, 0.1) is 64.1 Å². The van der Waals surface area contributed by atoms with Gasteiger partial charge in [0.25, 0.3) is 0 Å². The van der Waals surface area contributed by atoms with E-state index in [2.05, 4.69) is 60.3 Å². The minimum absolute atomic E-state index is 0.0489. The van der Waals surface area contributed by atoms with Gasteiger partial charge >= 0.3 is 11.9 Å². The summed E-state index contributed by atoms with van der Waals surface area (Å²) in [4.78, 5) is 94.5. The Bertz CT molecular complexity index is 3350. The average molecular weight is 1240 g/mol. The molecular weight excluding hydrogens is 1170 g/mol. The molecule has 4 aliphatic rings. The van der Waals surface area contributed by atoms with Crippen molar-refractivity contribution in [1.82, 2.24) is 55.7 Å². The van der Waals surface area contributed by atoms with Crippen molar-refractivity contribution in [2.75, 3.05) is 47.6 Å². The van der Waals surface area contributed by atoms with Crippen LogP contribution in [0, 0.1) is 23.7 Å². The van der Waals surface area contributed by atoms with Gasteiger partial charge in [0.1, 0.15) is 61.9 Å². The zero-order chi connectivity index (χ0) is 62.4. The molecule has 10 atom stereocenters. The number of nitrogens with one attached hydrogen (secondary N) is 3. The van der Waals surface area contributed by atoms with Crippen LogP contribution in [0.2, 0.25) is 10.0 Å². The number of carbonyl (C=O) groups is 6. The summed E-state index contributed by atoms with van der Waals surface area (Å²) in [5, 5.41) is 26.2. The highest BCUT2D eigenvalue weighted by Crippen LogP contribution is 2.34. The van der Waals surface area contributed by atoms with Gasteiger partial charge in [-0.1, -0.05) is 69.7 Å². The van der Waals surface area contributed by atoms with Crippen molar-refractivity contribution in [1.29, 1.82) is 0 Å². The van der Waals surface area contributed by atoms with E-state index >= 15 is 0 Å². The molecule has 28 heteroatoms. The number of halogens is 2. The number of amides is 4. The molecule has 0 bridgehead atoms. The van der Waals surface area contributed by atoms with Crippen LogP contribution in [-0.4, -0.2) is 194 Å². The molecule has 2 aromatic heterocycles. The van der Waals surface area contributed by atoms with E-state index in [1.165, 1.54) is 30.5 Å². The van der Waals surface area contributed by atoms with Crippen molar-refractivity contribution in [3.63, 3.8) is 0 Å². The van der Waals surface area contributed by atoms with E-state index in [0.29, 0.717) is 60.2 Å². The molecule has 5 N–H and O–H groups in total. The molecule has 4 amide bonds. The number of carbonyl (C=O) groups excluding carboxylic acids is 6. The summed E-state index contributed by atoms with van der Waals surface area (Å²) in [6.45, 7) is 7.20. The number of nitrogens with two attached hydrogens (primary N) is 1. The van der Waals surface area contributed by atoms with Crippen molar-refractivity contribution >= 4 is 70.6 Å². The fourth-order valence-electron chi connectivity index (χ4n) is 10.5. The van der Waals surface area contributed by atoms with Crippen molar-refractivity contribution < 1.29 is 57.2 Å². The lowest BCUT2D eigenvalue weighted by atomic mass is 9.92. The Morgan fingerprint density at radius 2 is 1.13 bits per heavy atom. The second-order valence-corrected chi connectivity index (χ2v) is 22.6. The number of esters is 2. The highest BCUT2D eigenvalue weighted by molar-refractivity contribution is 6.31. The van der Waals surface area contributed by atoms with Crippen molar-refractivity contribution in [3.05, 3.63) is 93.5 Å². The summed E-state index contributed by atoms with van der Waals surface area (Å²) in [5.41, 5.74) is 5.54. The topological polar surface area (TPSA) is 313 Å². The normalized spacial score (nSPS) is 21.7.